The first kappa shape index (κ1) is 12.1. The lowest BCUT2D eigenvalue weighted by Gasteiger charge is -2.02. The molecule has 0 spiro atoms. The van der Waals surface area contributed by atoms with E-state index < -0.39 is 0 Å². The maximum absolute atomic E-state index is 11.2. The second-order valence-corrected chi connectivity index (χ2v) is 3.87. The van der Waals surface area contributed by atoms with Gasteiger partial charge in [-0.1, -0.05) is 35.5 Å². The zero-order chi connectivity index (χ0) is 12.8. The lowest BCUT2D eigenvalue weighted by Crippen LogP contribution is -2.06. The van der Waals surface area contributed by atoms with E-state index in [0.717, 1.165) is 5.56 Å². The maximum atomic E-state index is 11.2. The van der Waals surface area contributed by atoms with E-state index in [1.165, 1.54) is 12.1 Å². The van der Waals surface area contributed by atoms with Crippen molar-refractivity contribution in [3.05, 3.63) is 70.1 Å². The molecule has 0 atom stereocenters. The van der Waals surface area contributed by atoms with Crippen molar-refractivity contribution in [1.82, 2.24) is 4.98 Å². The summed E-state index contributed by atoms with van der Waals surface area (Å²) >= 11 is 0. The number of nitrogens with zero attached hydrogens (tertiary/aromatic N) is 1. The Kier molecular flexibility index (Phi) is 3.91. The van der Waals surface area contributed by atoms with Crippen LogP contribution in [0.3, 0.4) is 0 Å². The molecule has 0 aliphatic carbocycles. The molecule has 2 aromatic rings. The van der Waals surface area contributed by atoms with Crippen molar-refractivity contribution in [3.63, 3.8) is 0 Å². The first-order chi connectivity index (χ1) is 8.75. The van der Waals surface area contributed by atoms with Gasteiger partial charge < -0.3 is 9.82 Å². The number of nitrogens with one attached hydrogen (secondary N) is 1. The van der Waals surface area contributed by atoms with Crippen molar-refractivity contribution in [2.24, 2.45) is 5.16 Å². The van der Waals surface area contributed by atoms with Gasteiger partial charge in [-0.25, -0.2) is 0 Å². The second-order valence-electron chi connectivity index (χ2n) is 3.87. The molecule has 1 aromatic heterocycles. The molecule has 2 rings (SSSR count). The van der Waals surface area contributed by atoms with Gasteiger partial charge in [0.1, 0.15) is 12.3 Å². The standard InChI is InChI=1S/C14H14N2O2/c1-11(14-9-13(17)7-8-15-14)16-18-10-12-5-3-2-4-6-12/h2-9H,10H2,1H3,(H,15,17)/b16-11+. The van der Waals surface area contributed by atoms with E-state index in [1.54, 1.807) is 13.1 Å². The van der Waals surface area contributed by atoms with Gasteiger partial charge in [0.25, 0.3) is 0 Å². The number of pyridine rings is 1. The minimum absolute atomic E-state index is 0.0543. The summed E-state index contributed by atoms with van der Waals surface area (Å²) in [6, 6.07) is 12.7. The summed E-state index contributed by atoms with van der Waals surface area (Å²) in [5, 5.41) is 3.98. The largest absolute Gasteiger partial charge is 0.391 e. The molecule has 0 saturated carbocycles. The van der Waals surface area contributed by atoms with Crippen LogP contribution < -0.4 is 5.43 Å². The predicted molar refractivity (Wildman–Crippen MR) is 70.5 cm³/mol. The van der Waals surface area contributed by atoms with Gasteiger partial charge in [-0.3, -0.25) is 4.79 Å². The molecule has 0 radical (unpaired) electrons. The van der Waals surface area contributed by atoms with Gasteiger partial charge in [-0.2, -0.15) is 0 Å². The third-order valence-corrected chi connectivity index (χ3v) is 2.44. The minimum atomic E-state index is -0.0543. The summed E-state index contributed by atoms with van der Waals surface area (Å²) in [7, 11) is 0. The molecule has 1 aromatic carbocycles. The Balaban J connectivity index is 1.99. The monoisotopic (exact) mass is 242 g/mol. The molecule has 4 heteroatoms. The highest BCUT2D eigenvalue weighted by molar-refractivity contribution is 5.96. The summed E-state index contributed by atoms with van der Waals surface area (Å²) in [6.45, 7) is 2.20. The number of rotatable bonds is 4. The Morgan fingerprint density at radius 2 is 2.06 bits per heavy atom. The number of oxime groups is 1. The fourth-order valence-corrected chi connectivity index (χ4v) is 1.48. The van der Waals surface area contributed by atoms with Crippen molar-refractivity contribution in [2.75, 3.05) is 0 Å². The molecule has 1 heterocycles. The molecule has 4 nitrogen and oxygen atoms in total. The number of aromatic nitrogens is 1. The number of H-pyrrole nitrogens is 1. The Bertz CT molecular complexity index is 588. The molecule has 0 bridgehead atoms. The molecule has 0 fully saturated rings. The van der Waals surface area contributed by atoms with Crippen LogP contribution in [0.15, 0.2) is 58.6 Å². The van der Waals surface area contributed by atoms with Crippen LogP contribution >= 0.6 is 0 Å². The van der Waals surface area contributed by atoms with Crippen LogP contribution in [0.1, 0.15) is 18.2 Å². The predicted octanol–water partition coefficient (Wildman–Crippen LogP) is 2.32. The van der Waals surface area contributed by atoms with Crippen LogP contribution in [0.4, 0.5) is 0 Å². The van der Waals surface area contributed by atoms with Gasteiger partial charge in [-0.15, -0.1) is 0 Å². The zero-order valence-electron chi connectivity index (χ0n) is 10.1. The lowest BCUT2D eigenvalue weighted by atomic mass is 10.2. The molecule has 0 aliphatic rings. The van der Waals surface area contributed by atoms with E-state index in [9.17, 15) is 4.79 Å². The summed E-state index contributed by atoms with van der Waals surface area (Å²) in [6.07, 6.45) is 1.59. The van der Waals surface area contributed by atoms with Gasteiger partial charge in [0, 0.05) is 18.3 Å². The molecule has 0 aliphatic heterocycles. The van der Waals surface area contributed by atoms with Crippen LogP contribution in [-0.2, 0) is 11.4 Å². The van der Waals surface area contributed by atoms with E-state index in [4.69, 9.17) is 4.84 Å². The van der Waals surface area contributed by atoms with Gasteiger partial charge in [0.05, 0.1) is 5.69 Å². The smallest absolute Gasteiger partial charge is 0.182 e. The number of benzene rings is 1. The van der Waals surface area contributed by atoms with Gasteiger partial charge in [-0.05, 0) is 12.5 Å². The quantitative estimate of drug-likeness (QED) is 0.660. The molecular formula is C14H14N2O2. The average Bonchev–Trinajstić information content (AvgIpc) is 2.40. The Labute approximate surface area is 105 Å². The summed E-state index contributed by atoms with van der Waals surface area (Å²) in [4.78, 5) is 19.4. The SMILES string of the molecule is C/C(=N\OCc1ccccc1)c1cc(=O)cc[nH]1. The van der Waals surface area contributed by atoms with Crippen LogP contribution in [0, 0.1) is 0 Å². The minimum Gasteiger partial charge on any atom is -0.391 e. The summed E-state index contributed by atoms with van der Waals surface area (Å²) < 4.78 is 0. The molecular weight excluding hydrogens is 228 g/mol. The Morgan fingerprint density at radius 3 is 2.78 bits per heavy atom. The molecule has 0 saturated heterocycles. The molecule has 0 unspecified atom stereocenters. The topological polar surface area (TPSA) is 54.4 Å². The van der Waals surface area contributed by atoms with Gasteiger partial charge in [0.15, 0.2) is 5.43 Å². The van der Waals surface area contributed by atoms with Crippen molar-refractivity contribution < 1.29 is 4.84 Å². The zero-order valence-corrected chi connectivity index (χ0v) is 10.1. The van der Waals surface area contributed by atoms with E-state index in [-0.39, 0.29) is 5.43 Å². The first-order valence-electron chi connectivity index (χ1n) is 5.65. The van der Waals surface area contributed by atoms with Crippen molar-refractivity contribution >= 4 is 5.71 Å². The highest BCUT2D eigenvalue weighted by atomic mass is 16.6. The number of hydrogen-bond donors (Lipinski definition) is 1. The van der Waals surface area contributed by atoms with Crippen molar-refractivity contribution in [1.29, 1.82) is 0 Å². The summed E-state index contributed by atoms with van der Waals surface area (Å²) in [5.41, 5.74) is 2.30. The van der Waals surface area contributed by atoms with Crippen LogP contribution in [0.25, 0.3) is 0 Å². The van der Waals surface area contributed by atoms with Crippen LogP contribution in [-0.4, -0.2) is 10.7 Å². The number of hydrogen-bond acceptors (Lipinski definition) is 3. The van der Waals surface area contributed by atoms with Gasteiger partial charge in [0.2, 0.25) is 0 Å². The average molecular weight is 242 g/mol. The third kappa shape index (κ3) is 3.31. The van der Waals surface area contributed by atoms with Crippen LogP contribution in [0.5, 0.6) is 0 Å². The van der Waals surface area contributed by atoms with E-state index in [1.807, 2.05) is 30.3 Å². The number of aromatic amines is 1. The van der Waals surface area contributed by atoms with Crippen molar-refractivity contribution in [3.8, 4) is 0 Å². The fraction of sp³-hybridized carbons (Fsp3) is 0.143. The highest BCUT2D eigenvalue weighted by Gasteiger charge is 1.98. The molecule has 0 amide bonds. The highest BCUT2D eigenvalue weighted by Crippen LogP contribution is 2.02. The Hall–Kier alpha value is -2.36. The molecule has 92 valence electrons. The fourth-order valence-electron chi connectivity index (χ4n) is 1.48. The first-order valence-corrected chi connectivity index (χ1v) is 5.65. The lowest BCUT2D eigenvalue weighted by molar-refractivity contribution is 0.130. The van der Waals surface area contributed by atoms with E-state index in [0.29, 0.717) is 18.0 Å². The van der Waals surface area contributed by atoms with Crippen LogP contribution in [0.2, 0.25) is 0 Å². The molecule has 18 heavy (non-hydrogen) atoms. The third-order valence-electron chi connectivity index (χ3n) is 2.44. The van der Waals surface area contributed by atoms with E-state index in [2.05, 4.69) is 10.1 Å². The van der Waals surface area contributed by atoms with E-state index >= 15 is 0 Å². The Morgan fingerprint density at radius 1 is 1.28 bits per heavy atom. The summed E-state index contributed by atoms with van der Waals surface area (Å²) in [5.74, 6) is 0. The second kappa shape index (κ2) is 5.82. The van der Waals surface area contributed by atoms with Gasteiger partial charge >= 0.3 is 0 Å². The maximum Gasteiger partial charge on any atom is 0.182 e. The normalized spacial score (nSPS) is 11.3. The van der Waals surface area contributed by atoms with Crippen molar-refractivity contribution in [2.45, 2.75) is 13.5 Å². The molecule has 1 N–H and O–H groups in total.